The number of nitrogen functional groups attached to an aromatic ring is 1. The summed E-state index contributed by atoms with van der Waals surface area (Å²) in [5, 5.41) is 0.351. The van der Waals surface area contributed by atoms with Crippen LogP contribution in [0.2, 0.25) is 5.02 Å². The molecule has 0 radical (unpaired) electrons. The monoisotopic (exact) mass is 195 g/mol. The molecule has 0 aliphatic heterocycles. The fourth-order valence-electron chi connectivity index (χ4n) is 0.984. The molecule has 0 saturated carbocycles. The number of nitrogens with zero attached hydrogens (tertiary/aromatic N) is 2. The Hall–Kier alpha value is -1.55. The zero-order valence-corrected chi connectivity index (χ0v) is 7.32. The third-order valence-corrected chi connectivity index (χ3v) is 1.98. The average Bonchev–Trinajstić information content (AvgIpc) is 2.62. The highest BCUT2D eigenvalue weighted by atomic mass is 35.5. The van der Waals surface area contributed by atoms with Crippen LogP contribution < -0.4 is 5.73 Å². The smallest absolute Gasteiger partial charge is 0.146 e. The van der Waals surface area contributed by atoms with Crippen molar-refractivity contribution >= 4 is 17.4 Å². The number of furan rings is 1. The van der Waals surface area contributed by atoms with E-state index in [9.17, 15) is 0 Å². The Morgan fingerprint density at radius 1 is 1.38 bits per heavy atom. The summed E-state index contributed by atoms with van der Waals surface area (Å²) >= 11 is 5.89. The molecule has 2 N–H and O–H groups in total. The Labute approximate surface area is 79.4 Å². The van der Waals surface area contributed by atoms with Gasteiger partial charge in [-0.15, -0.1) is 0 Å². The van der Waals surface area contributed by atoms with Crippen LogP contribution >= 0.6 is 11.6 Å². The van der Waals surface area contributed by atoms with Crippen LogP contribution in [0, 0.1) is 0 Å². The summed E-state index contributed by atoms with van der Waals surface area (Å²) in [6.07, 6.45) is 4.46. The number of aromatic nitrogens is 2. The third kappa shape index (κ3) is 1.36. The second kappa shape index (κ2) is 3.06. The molecule has 0 unspecified atom stereocenters. The van der Waals surface area contributed by atoms with E-state index in [0.29, 0.717) is 10.7 Å². The molecule has 0 aliphatic rings. The van der Waals surface area contributed by atoms with Gasteiger partial charge in [0.1, 0.15) is 17.2 Å². The van der Waals surface area contributed by atoms with Gasteiger partial charge in [0, 0.05) is 5.56 Å². The van der Waals surface area contributed by atoms with Crippen molar-refractivity contribution in [1.29, 1.82) is 0 Å². The topological polar surface area (TPSA) is 64.9 Å². The highest BCUT2D eigenvalue weighted by Gasteiger charge is 2.09. The minimum Gasteiger partial charge on any atom is -0.472 e. The summed E-state index contributed by atoms with van der Waals surface area (Å²) in [6, 6.07) is 1.76. The maximum Gasteiger partial charge on any atom is 0.146 e. The van der Waals surface area contributed by atoms with Crippen molar-refractivity contribution in [2.75, 3.05) is 5.73 Å². The molecule has 2 aromatic heterocycles. The van der Waals surface area contributed by atoms with E-state index in [1.54, 1.807) is 18.6 Å². The van der Waals surface area contributed by atoms with Crippen LogP contribution in [0.4, 0.5) is 5.82 Å². The largest absolute Gasteiger partial charge is 0.472 e. The van der Waals surface area contributed by atoms with Crippen molar-refractivity contribution in [3.05, 3.63) is 29.9 Å². The molecule has 2 heterocycles. The van der Waals surface area contributed by atoms with Gasteiger partial charge in [0.15, 0.2) is 0 Å². The minimum absolute atomic E-state index is 0.271. The van der Waals surface area contributed by atoms with Gasteiger partial charge in [0.05, 0.1) is 18.2 Å². The Kier molecular flexibility index (Phi) is 1.90. The fraction of sp³-hybridized carbons (Fsp3) is 0. The van der Waals surface area contributed by atoms with Gasteiger partial charge in [-0.2, -0.15) is 0 Å². The molecule has 4 nitrogen and oxygen atoms in total. The molecular formula is C8H6ClN3O. The first-order valence-corrected chi connectivity index (χ1v) is 3.95. The minimum atomic E-state index is 0.271. The Morgan fingerprint density at radius 3 is 2.92 bits per heavy atom. The molecule has 0 aromatic carbocycles. The van der Waals surface area contributed by atoms with E-state index < -0.39 is 0 Å². The van der Waals surface area contributed by atoms with Crippen LogP contribution in [0.15, 0.2) is 29.3 Å². The van der Waals surface area contributed by atoms with Crippen molar-refractivity contribution in [3.63, 3.8) is 0 Å². The summed E-state index contributed by atoms with van der Waals surface area (Å²) in [7, 11) is 0. The van der Waals surface area contributed by atoms with Gasteiger partial charge in [0.2, 0.25) is 0 Å². The van der Waals surface area contributed by atoms with Crippen LogP contribution in [0.5, 0.6) is 0 Å². The standard InChI is InChI=1S/C8H6ClN3O/c9-6-7(5-1-2-13-3-5)11-4-12-8(6)10/h1-4H,(H2,10,11,12). The Bertz CT molecular complexity index is 413. The third-order valence-electron chi connectivity index (χ3n) is 1.61. The molecular weight excluding hydrogens is 190 g/mol. The predicted octanol–water partition coefficient (Wildman–Crippen LogP) is 1.97. The Balaban J connectivity index is 2.59. The van der Waals surface area contributed by atoms with E-state index in [2.05, 4.69) is 9.97 Å². The predicted molar refractivity (Wildman–Crippen MR) is 49.2 cm³/mol. The second-order valence-corrected chi connectivity index (χ2v) is 2.81. The lowest BCUT2D eigenvalue weighted by Gasteiger charge is -2.00. The SMILES string of the molecule is Nc1ncnc(-c2ccoc2)c1Cl. The van der Waals surface area contributed by atoms with Gasteiger partial charge in [-0.25, -0.2) is 9.97 Å². The molecule has 66 valence electrons. The van der Waals surface area contributed by atoms with Gasteiger partial charge in [-0.3, -0.25) is 0 Å². The molecule has 0 bridgehead atoms. The van der Waals surface area contributed by atoms with Gasteiger partial charge in [-0.05, 0) is 6.07 Å². The normalized spacial score (nSPS) is 10.2. The van der Waals surface area contributed by atoms with Gasteiger partial charge >= 0.3 is 0 Å². The summed E-state index contributed by atoms with van der Waals surface area (Å²) in [4.78, 5) is 7.75. The summed E-state index contributed by atoms with van der Waals surface area (Å²) in [6.45, 7) is 0. The first-order chi connectivity index (χ1) is 6.29. The van der Waals surface area contributed by atoms with Crippen LogP contribution in [-0.4, -0.2) is 9.97 Å². The van der Waals surface area contributed by atoms with E-state index >= 15 is 0 Å². The highest BCUT2D eigenvalue weighted by Crippen LogP contribution is 2.28. The summed E-state index contributed by atoms with van der Waals surface area (Å²) in [5.74, 6) is 0.271. The first-order valence-electron chi connectivity index (χ1n) is 3.57. The maximum atomic E-state index is 5.89. The maximum absolute atomic E-state index is 5.89. The quantitative estimate of drug-likeness (QED) is 0.756. The zero-order chi connectivity index (χ0) is 9.26. The number of anilines is 1. The van der Waals surface area contributed by atoms with Gasteiger partial charge in [-0.1, -0.05) is 11.6 Å². The van der Waals surface area contributed by atoms with Gasteiger partial charge in [0.25, 0.3) is 0 Å². The van der Waals surface area contributed by atoms with Crippen LogP contribution in [0.3, 0.4) is 0 Å². The van der Waals surface area contributed by atoms with E-state index in [4.69, 9.17) is 21.8 Å². The first kappa shape index (κ1) is 8.07. The van der Waals surface area contributed by atoms with Crippen LogP contribution in [0.1, 0.15) is 0 Å². The van der Waals surface area contributed by atoms with Gasteiger partial charge < -0.3 is 10.2 Å². The molecule has 0 aliphatic carbocycles. The number of hydrogen-bond donors (Lipinski definition) is 1. The van der Waals surface area contributed by atoms with Crippen molar-refractivity contribution in [2.24, 2.45) is 0 Å². The number of nitrogens with two attached hydrogens (primary N) is 1. The Morgan fingerprint density at radius 2 is 2.23 bits per heavy atom. The lowest BCUT2D eigenvalue weighted by Crippen LogP contribution is -1.94. The summed E-state index contributed by atoms with van der Waals surface area (Å²) < 4.78 is 4.90. The molecule has 0 saturated heterocycles. The van der Waals surface area contributed by atoms with Crippen LogP contribution in [-0.2, 0) is 0 Å². The zero-order valence-electron chi connectivity index (χ0n) is 6.57. The lowest BCUT2D eigenvalue weighted by atomic mass is 10.2. The molecule has 0 amide bonds. The molecule has 0 fully saturated rings. The number of hydrogen-bond acceptors (Lipinski definition) is 4. The van der Waals surface area contributed by atoms with Crippen molar-refractivity contribution in [3.8, 4) is 11.3 Å². The molecule has 2 aromatic rings. The molecule has 0 spiro atoms. The van der Waals surface area contributed by atoms with E-state index in [1.807, 2.05) is 0 Å². The molecule has 2 rings (SSSR count). The van der Waals surface area contributed by atoms with Crippen molar-refractivity contribution in [1.82, 2.24) is 9.97 Å². The van der Waals surface area contributed by atoms with E-state index in [0.717, 1.165) is 5.56 Å². The van der Waals surface area contributed by atoms with Crippen LogP contribution in [0.25, 0.3) is 11.3 Å². The van der Waals surface area contributed by atoms with Crippen molar-refractivity contribution in [2.45, 2.75) is 0 Å². The molecule has 13 heavy (non-hydrogen) atoms. The second-order valence-electron chi connectivity index (χ2n) is 2.43. The van der Waals surface area contributed by atoms with Crippen molar-refractivity contribution < 1.29 is 4.42 Å². The molecule has 0 atom stereocenters. The number of halogens is 1. The average molecular weight is 196 g/mol. The van der Waals surface area contributed by atoms with E-state index in [-0.39, 0.29) is 5.82 Å². The summed E-state index contributed by atoms with van der Waals surface area (Å²) in [5.41, 5.74) is 6.89. The highest BCUT2D eigenvalue weighted by molar-refractivity contribution is 6.35. The number of rotatable bonds is 1. The fourth-order valence-corrected chi connectivity index (χ4v) is 1.19. The lowest BCUT2D eigenvalue weighted by molar-refractivity contribution is 0.568. The molecule has 5 heteroatoms. The van der Waals surface area contributed by atoms with E-state index in [1.165, 1.54) is 6.33 Å².